The minimum Gasteiger partial charge on any atom is -0.377 e. The highest BCUT2D eigenvalue weighted by Gasteiger charge is 2.31. The van der Waals surface area contributed by atoms with Crippen molar-refractivity contribution in [2.45, 2.75) is 12.6 Å². The van der Waals surface area contributed by atoms with Crippen LogP contribution in [0.1, 0.15) is 23.3 Å². The molecule has 0 spiro atoms. The molecule has 0 N–H and O–H groups in total. The Kier molecular flexibility index (Phi) is 5.80. The van der Waals surface area contributed by atoms with Crippen LogP contribution in [0.3, 0.4) is 0 Å². The number of rotatable bonds is 5. The van der Waals surface area contributed by atoms with Crippen molar-refractivity contribution in [2.24, 2.45) is 0 Å². The van der Waals surface area contributed by atoms with Crippen LogP contribution in [0.4, 0.5) is 0 Å². The van der Waals surface area contributed by atoms with E-state index in [4.69, 9.17) is 25.6 Å². The zero-order valence-electron chi connectivity index (χ0n) is 13.7. The molecule has 1 aliphatic heterocycles. The van der Waals surface area contributed by atoms with Crippen LogP contribution in [0.25, 0.3) is 6.08 Å². The molecule has 8 heteroatoms. The van der Waals surface area contributed by atoms with E-state index >= 15 is 0 Å². The molecule has 0 saturated carbocycles. The molecule has 0 aliphatic carbocycles. The topological polar surface area (TPSA) is 77.7 Å². The van der Waals surface area contributed by atoms with Crippen LogP contribution in [0.15, 0.2) is 34.9 Å². The van der Waals surface area contributed by atoms with Crippen molar-refractivity contribution in [1.29, 1.82) is 0 Å². The average molecular weight is 364 g/mol. The third-order valence-corrected chi connectivity index (χ3v) is 4.00. The molecule has 1 aromatic heterocycles. The van der Waals surface area contributed by atoms with E-state index in [1.165, 1.54) is 6.08 Å². The van der Waals surface area contributed by atoms with E-state index in [2.05, 4.69) is 10.1 Å². The van der Waals surface area contributed by atoms with Crippen molar-refractivity contribution in [3.8, 4) is 0 Å². The minimum absolute atomic E-state index is 0.138. The Morgan fingerprint density at radius 3 is 3.00 bits per heavy atom. The van der Waals surface area contributed by atoms with Gasteiger partial charge in [-0.3, -0.25) is 4.79 Å². The Labute approximate surface area is 150 Å². The van der Waals surface area contributed by atoms with Crippen LogP contribution in [-0.4, -0.2) is 47.8 Å². The van der Waals surface area contributed by atoms with Crippen molar-refractivity contribution in [3.63, 3.8) is 0 Å². The van der Waals surface area contributed by atoms with Gasteiger partial charge in [-0.2, -0.15) is 4.98 Å². The number of morpholine rings is 1. The van der Waals surface area contributed by atoms with Gasteiger partial charge in [-0.05, 0) is 23.8 Å². The number of methoxy groups -OCH3 is 1. The highest BCUT2D eigenvalue weighted by atomic mass is 35.5. The van der Waals surface area contributed by atoms with Crippen molar-refractivity contribution >= 4 is 23.6 Å². The summed E-state index contributed by atoms with van der Waals surface area (Å²) in [6, 6.07) is 6.86. The lowest BCUT2D eigenvalue weighted by atomic mass is 10.2. The number of hydrogen-bond donors (Lipinski definition) is 0. The highest BCUT2D eigenvalue weighted by Crippen LogP contribution is 2.23. The summed E-state index contributed by atoms with van der Waals surface area (Å²) in [6.45, 7) is 1.49. The Hall–Kier alpha value is -2.22. The second-order valence-corrected chi connectivity index (χ2v) is 5.92. The number of amides is 1. The number of halogens is 1. The van der Waals surface area contributed by atoms with Gasteiger partial charge in [-0.25, -0.2) is 0 Å². The lowest BCUT2D eigenvalue weighted by Gasteiger charge is -2.32. The average Bonchev–Trinajstić information content (AvgIpc) is 3.10. The standard InChI is InChI=1S/C17H18ClN3O4/c1-23-11-15-19-17(20-25-15)14-10-24-9-8-21(14)16(22)7-4-12-2-5-13(18)6-3-12/h2-7,14H,8-11H2,1H3/b7-4+. The minimum atomic E-state index is -0.384. The predicted octanol–water partition coefficient (Wildman–Crippen LogP) is 2.48. The molecule has 2 aromatic rings. The maximum absolute atomic E-state index is 12.6. The van der Waals surface area contributed by atoms with E-state index in [9.17, 15) is 4.79 Å². The van der Waals surface area contributed by atoms with E-state index in [1.54, 1.807) is 30.2 Å². The van der Waals surface area contributed by atoms with E-state index in [-0.39, 0.29) is 18.6 Å². The van der Waals surface area contributed by atoms with E-state index in [0.717, 1.165) is 5.56 Å². The van der Waals surface area contributed by atoms with E-state index < -0.39 is 0 Å². The second-order valence-electron chi connectivity index (χ2n) is 5.49. The summed E-state index contributed by atoms with van der Waals surface area (Å²) in [5, 5.41) is 4.59. The van der Waals surface area contributed by atoms with Gasteiger partial charge in [0.25, 0.3) is 5.89 Å². The van der Waals surface area contributed by atoms with Gasteiger partial charge in [-0.15, -0.1) is 0 Å². The third-order valence-electron chi connectivity index (χ3n) is 3.75. The maximum atomic E-state index is 12.6. The molecule has 1 aromatic carbocycles. The SMILES string of the molecule is COCc1nc(C2COCCN2C(=O)/C=C/c2ccc(Cl)cc2)no1. The molecule has 7 nitrogen and oxygen atoms in total. The summed E-state index contributed by atoms with van der Waals surface area (Å²) in [4.78, 5) is 18.5. The number of hydrogen-bond acceptors (Lipinski definition) is 6. The molecule has 2 heterocycles. The Morgan fingerprint density at radius 1 is 1.44 bits per heavy atom. The Morgan fingerprint density at radius 2 is 2.24 bits per heavy atom. The first-order chi connectivity index (χ1) is 12.2. The summed E-state index contributed by atoms with van der Waals surface area (Å²) < 4.78 is 15.6. The Balaban J connectivity index is 1.73. The molecule has 1 aliphatic rings. The summed E-state index contributed by atoms with van der Waals surface area (Å²) in [5.74, 6) is 0.647. The molecule has 1 saturated heterocycles. The van der Waals surface area contributed by atoms with Gasteiger partial charge >= 0.3 is 0 Å². The summed E-state index contributed by atoms with van der Waals surface area (Å²) >= 11 is 5.86. The molecule has 1 atom stereocenters. The van der Waals surface area contributed by atoms with Gasteiger partial charge < -0.3 is 18.9 Å². The Bertz CT molecular complexity index is 745. The van der Waals surface area contributed by atoms with Crippen LogP contribution >= 0.6 is 11.6 Å². The summed E-state index contributed by atoms with van der Waals surface area (Å²) in [7, 11) is 1.55. The number of aromatic nitrogens is 2. The molecular weight excluding hydrogens is 346 g/mol. The van der Waals surface area contributed by atoms with E-state index in [1.807, 2.05) is 12.1 Å². The number of carbonyl (C=O) groups is 1. The first-order valence-electron chi connectivity index (χ1n) is 7.81. The molecule has 0 radical (unpaired) electrons. The normalized spacial score (nSPS) is 18.0. The molecule has 1 fully saturated rings. The van der Waals surface area contributed by atoms with Gasteiger partial charge in [0.2, 0.25) is 5.91 Å². The van der Waals surface area contributed by atoms with Crippen molar-refractivity contribution in [1.82, 2.24) is 15.0 Å². The van der Waals surface area contributed by atoms with Gasteiger partial charge in [0, 0.05) is 24.8 Å². The molecule has 1 unspecified atom stereocenters. The first kappa shape index (κ1) is 17.6. The number of nitrogens with zero attached hydrogens (tertiary/aromatic N) is 3. The fourth-order valence-corrected chi connectivity index (χ4v) is 2.63. The highest BCUT2D eigenvalue weighted by molar-refractivity contribution is 6.30. The van der Waals surface area contributed by atoms with Crippen molar-refractivity contribution in [2.75, 3.05) is 26.9 Å². The lowest BCUT2D eigenvalue weighted by Crippen LogP contribution is -2.43. The van der Waals surface area contributed by atoms with Gasteiger partial charge in [-0.1, -0.05) is 28.9 Å². The summed E-state index contributed by atoms with van der Waals surface area (Å²) in [6.07, 6.45) is 3.27. The predicted molar refractivity (Wildman–Crippen MR) is 90.8 cm³/mol. The molecule has 1 amide bonds. The fourth-order valence-electron chi connectivity index (χ4n) is 2.50. The lowest BCUT2D eigenvalue weighted by molar-refractivity contribution is -0.135. The second kappa shape index (κ2) is 8.24. The molecular formula is C17H18ClN3O4. The smallest absolute Gasteiger partial charge is 0.252 e. The van der Waals surface area contributed by atoms with Crippen LogP contribution in [0, 0.1) is 0 Å². The molecule has 3 rings (SSSR count). The molecule has 0 bridgehead atoms. The molecule has 25 heavy (non-hydrogen) atoms. The van der Waals surface area contributed by atoms with Gasteiger partial charge in [0.1, 0.15) is 12.6 Å². The monoisotopic (exact) mass is 363 g/mol. The van der Waals surface area contributed by atoms with Crippen LogP contribution in [0.5, 0.6) is 0 Å². The number of benzene rings is 1. The summed E-state index contributed by atoms with van der Waals surface area (Å²) in [5.41, 5.74) is 0.893. The van der Waals surface area contributed by atoms with Crippen molar-refractivity contribution in [3.05, 3.63) is 52.6 Å². The van der Waals surface area contributed by atoms with Crippen LogP contribution in [-0.2, 0) is 20.9 Å². The van der Waals surface area contributed by atoms with Crippen LogP contribution < -0.4 is 0 Å². The third kappa shape index (κ3) is 4.45. The van der Waals surface area contributed by atoms with E-state index in [0.29, 0.717) is 36.5 Å². The fraction of sp³-hybridized carbons (Fsp3) is 0.353. The maximum Gasteiger partial charge on any atom is 0.252 e. The number of ether oxygens (including phenoxy) is 2. The number of carbonyl (C=O) groups excluding carboxylic acids is 1. The largest absolute Gasteiger partial charge is 0.377 e. The molecule has 132 valence electrons. The van der Waals surface area contributed by atoms with Gasteiger partial charge in [0.15, 0.2) is 5.82 Å². The van der Waals surface area contributed by atoms with Gasteiger partial charge in [0.05, 0.1) is 13.2 Å². The zero-order chi connectivity index (χ0) is 17.6. The van der Waals surface area contributed by atoms with Crippen LogP contribution in [0.2, 0.25) is 5.02 Å². The zero-order valence-corrected chi connectivity index (χ0v) is 14.5. The quantitative estimate of drug-likeness (QED) is 0.759. The van der Waals surface area contributed by atoms with Crippen molar-refractivity contribution < 1.29 is 18.8 Å². The first-order valence-corrected chi connectivity index (χ1v) is 8.18.